The van der Waals surface area contributed by atoms with Crippen molar-refractivity contribution in [2.24, 2.45) is 5.73 Å². The molecule has 0 aliphatic heterocycles. The van der Waals surface area contributed by atoms with Gasteiger partial charge < -0.3 is 16.2 Å². The van der Waals surface area contributed by atoms with E-state index < -0.39 is 6.03 Å². The number of benzene rings is 3. The van der Waals surface area contributed by atoms with Crippen molar-refractivity contribution in [3.8, 4) is 5.75 Å². The zero-order valence-corrected chi connectivity index (χ0v) is 15.7. The summed E-state index contributed by atoms with van der Waals surface area (Å²) in [5.41, 5.74) is 7.09. The van der Waals surface area contributed by atoms with Crippen LogP contribution in [-0.4, -0.2) is 17.0 Å². The summed E-state index contributed by atoms with van der Waals surface area (Å²) in [4.78, 5) is 25.4. The maximum atomic E-state index is 12.2. The van der Waals surface area contributed by atoms with Crippen molar-refractivity contribution in [2.75, 3.05) is 10.2 Å². The minimum atomic E-state index is -0.752. The van der Waals surface area contributed by atoms with Crippen LogP contribution >= 0.6 is 15.9 Å². The molecule has 0 fully saturated rings. The maximum Gasteiger partial charge on any atom is 0.324 e. The second-order valence-corrected chi connectivity index (χ2v) is 6.50. The van der Waals surface area contributed by atoms with Crippen molar-refractivity contribution in [1.82, 2.24) is 0 Å². The van der Waals surface area contributed by atoms with Crippen molar-refractivity contribution >= 4 is 44.9 Å². The average molecular weight is 426 g/mol. The summed E-state index contributed by atoms with van der Waals surface area (Å²) in [6.45, 7) is 0. The Kier molecular flexibility index (Phi) is 5.42. The van der Waals surface area contributed by atoms with E-state index in [1.807, 2.05) is 6.07 Å². The van der Waals surface area contributed by atoms with Gasteiger partial charge in [-0.1, -0.05) is 30.3 Å². The molecule has 0 aromatic heterocycles. The molecule has 3 aromatic rings. The molecule has 27 heavy (non-hydrogen) atoms. The summed E-state index contributed by atoms with van der Waals surface area (Å²) >= 11 is 3.37. The molecule has 4 N–H and O–H groups in total. The third kappa shape index (κ3) is 4.09. The number of rotatable bonds is 4. The Morgan fingerprint density at radius 1 is 0.926 bits per heavy atom. The number of carbonyl (C=O) groups is 2. The number of primary amides is 1. The van der Waals surface area contributed by atoms with Crippen molar-refractivity contribution in [3.05, 3.63) is 82.8 Å². The molecule has 0 unspecified atom stereocenters. The van der Waals surface area contributed by atoms with Gasteiger partial charge in [0, 0.05) is 21.8 Å². The monoisotopic (exact) mass is 425 g/mol. The lowest BCUT2D eigenvalue weighted by Gasteiger charge is -2.23. The molecule has 0 radical (unpaired) electrons. The van der Waals surface area contributed by atoms with Gasteiger partial charge >= 0.3 is 6.03 Å². The zero-order chi connectivity index (χ0) is 19.4. The third-order valence-corrected chi connectivity index (χ3v) is 4.49. The van der Waals surface area contributed by atoms with Gasteiger partial charge in [-0.05, 0) is 52.3 Å². The largest absolute Gasteiger partial charge is 0.506 e. The Morgan fingerprint density at radius 3 is 2.22 bits per heavy atom. The summed E-state index contributed by atoms with van der Waals surface area (Å²) in [5, 5.41) is 13.1. The Labute approximate surface area is 164 Å². The Hall–Kier alpha value is -3.32. The second-order valence-electron chi connectivity index (χ2n) is 5.65. The fourth-order valence-corrected chi connectivity index (χ4v) is 3.05. The SMILES string of the molecule is NC(=O)N(c1ccc(NC(=O)c2ccccc2)cc1O)c1ccccc1Br. The first-order chi connectivity index (χ1) is 13.0. The highest BCUT2D eigenvalue weighted by molar-refractivity contribution is 9.10. The summed E-state index contributed by atoms with van der Waals surface area (Å²) in [5.74, 6) is -0.504. The molecule has 3 rings (SSSR count). The quantitative estimate of drug-likeness (QED) is 0.568. The number of halogens is 1. The molecule has 0 saturated carbocycles. The van der Waals surface area contributed by atoms with Crippen LogP contribution in [0.3, 0.4) is 0 Å². The number of hydrogen-bond acceptors (Lipinski definition) is 3. The number of nitrogens with two attached hydrogens (primary N) is 1. The number of aromatic hydroxyl groups is 1. The Bertz CT molecular complexity index is 993. The van der Waals surface area contributed by atoms with Crippen molar-refractivity contribution in [1.29, 1.82) is 0 Å². The van der Waals surface area contributed by atoms with E-state index in [1.165, 1.54) is 17.0 Å². The van der Waals surface area contributed by atoms with Crippen LogP contribution in [0.25, 0.3) is 0 Å². The van der Waals surface area contributed by atoms with Crippen LogP contribution in [0.1, 0.15) is 10.4 Å². The molecular formula is C20H16BrN3O3. The lowest BCUT2D eigenvalue weighted by atomic mass is 10.2. The predicted octanol–water partition coefficient (Wildman–Crippen LogP) is 4.62. The molecule has 0 saturated heterocycles. The number of nitrogens with one attached hydrogen (secondary N) is 1. The molecule has 3 amide bonds. The van der Waals surface area contributed by atoms with E-state index in [0.717, 1.165) is 0 Å². The molecule has 0 atom stereocenters. The van der Waals surface area contributed by atoms with E-state index in [1.54, 1.807) is 54.6 Å². The number of phenols is 1. The third-order valence-electron chi connectivity index (χ3n) is 3.82. The van der Waals surface area contributed by atoms with E-state index in [9.17, 15) is 14.7 Å². The normalized spacial score (nSPS) is 10.3. The predicted molar refractivity (Wildman–Crippen MR) is 108 cm³/mol. The molecule has 0 aliphatic carbocycles. The Morgan fingerprint density at radius 2 is 1.59 bits per heavy atom. The van der Waals surface area contributed by atoms with Crippen LogP contribution in [-0.2, 0) is 0 Å². The fourth-order valence-electron chi connectivity index (χ4n) is 2.58. The molecule has 3 aromatic carbocycles. The lowest BCUT2D eigenvalue weighted by Crippen LogP contribution is -2.31. The summed E-state index contributed by atoms with van der Waals surface area (Å²) in [6.07, 6.45) is 0. The molecule has 0 bridgehead atoms. The lowest BCUT2D eigenvalue weighted by molar-refractivity contribution is 0.102. The molecule has 7 heteroatoms. The van der Waals surface area contributed by atoms with Crippen molar-refractivity contribution in [2.45, 2.75) is 0 Å². The number of phenolic OH excluding ortho intramolecular Hbond substituents is 1. The molecule has 6 nitrogen and oxygen atoms in total. The van der Waals surface area contributed by atoms with E-state index in [0.29, 0.717) is 21.4 Å². The summed E-state index contributed by atoms with van der Waals surface area (Å²) in [7, 11) is 0. The first-order valence-electron chi connectivity index (χ1n) is 8.01. The van der Waals surface area contributed by atoms with Gasteiger partial charge in [0.05, 0.1) is 11.4 Å². The highest BCUT2D eigenvalue weighted by Crippen LogP contribution is 2.38. The molecule has 0 heterocycles. The molecule has 136 valence electrons. The standard InChI is InChI=1S/C20H16BrN3O3/c21-15-8-4-5-9-16(15)24(20(22)27)17-11-10-14(12-18(17)25)23-19(26)13-6-2-1-3-7-13/h1-12,25H,(H2,22,27)(H,23,26). The molecule has 0 aliphatic rings. The number of para-hydroxylation sites is 1. The minimum absolute atomic E-state index is 0.199. The number of hydrogen-bond donors (Lipinski definition) is 3. The van der Waals surface area contributed by atoms with Gasteiger partial charge in [0.2, 0.25) is 0 Å². The van der Waals surface area contributed by atoms with Crippen LogP contribution in [0, 0.1) is 0 Å². The van der Waals surface area contributed by atoms with Gasteiger partial charge in [0.15, 0.2) is 0 Å². The van der Waals surface area contributed by atoms with Crippen LogP contribution in [0.5, 0.6) is 5.75 Å². The molecular weight excluding hydrogens is 410 g/mol. The number of amides is 3. The van der Waals surface area contributed by atoms with Crippen LogP contribution in [0.4, 0.5) is 21.9 Å². The van der Waals surface area contributed by atoms with E-state index in [2.05, 4.69) is 21.2 Å². The number of anilines is 3. The maximum absolute atomic E-state index is 12.2. The van der Waals surface area contributed by atoms with Gasteiger partial charge in [-0.15, -0.1) is 0 Å². The van der Waals surface area contributed by atoms with Gasteiger partial charge in [-0.2, -0.15) is 0 Å². The van der Waals surface area contributed by atoms with Crippen LogP contribution in [0.2, 0.25) is 0 Å². The van der Waals surface area contributed by atoms with Gasteiger partial charge in [-0.3, -0.25) is 9.69 Å². The zero-order valence-electron chi connectivity index (χ0n) is 14.1. The second kappa shape index (κ2) is 7.92. The van der Waals surface area contributed by atoms with Crippen molar-refractivity contribution in [3.63, 3.8) is 0 Å². The fraction of sp³-hybridized carbons (Fsp3) is 0. The van der Waals surface area contributed by atoms with E-state index >= 15 is 0 Å². The molecule has 0 spiro atoms. The van der Waals surface area contributed by atoms with Gasteiger partial charge in [0.1, 0.15) is 5.75 Å². The summed E-state index contributed by atoms with van der Waals surface area (Å²) in [6, 6.07) is 19.4. The Balaban J connectivity index is 1.90. The highest BCUT2D eigenvalue weighted by atomic mass is 79.9. The topological polar surface area (TPSA) is 95.7 Å². The minimum Gasteiger partial charge on any atom is -0.506 e. The van der Waals surface area contributed by atoms with Crippen molar-refractivity contribution < 1.29 is 14.7 Å². The van der Waals surface area contributed by atoms with E-state index in [-0.39, 0.29) is 17.3 Å². The first kappa shape index (κ1) is 18.5. The number of nitrogens with zero attached hydrogens (tertiary/aromatic N) is 1. The van der Waals surface area contributed by atoms with Gasteiger partial charge in [-0.25, -0.2) is 4.79 Å². The van der Waals surface area contributed by atoms with E-state index in [4.69, 9.17) is 5.73 Å². The van der Waals surface area contributed by atoms with Crippen LogP contribution < -0.4 is 16.0 Å². The summed E-state index contributed by atoms with van der Waals surface area (Å²) < 4.78 is 0.643. The first-order valence-corrected chi connectivity index (χ1v) is 8.80. The number of urea groups is 1. The smallest absolute Gasteiger partial charge is 0.324 e. The number of carbonyl (C=O) groups excluding carboxylic acids is 2. The highest BCUT2D eigenvalue weighted by Gasteiger charge is 2.21. The van der Waals surface area contributed by atoms with Crippen LogP contribution in [0.15, 0.2) is 77.3 Å². The van der Waals surface area contributed by atoms with Gasteiger partial charge in [0.25, 0.3) is 5.91 Å². The average Bonchev–Trinajstić information content (AvgIpc) is 2.65.